The zero-order valence-electron chi connectivity index (χ0n) is 8.34. The molecule has 0 fully saturated rings. The Hall–Kier alpha value is -1.58. The van der Waals surface area contributed by atoms with Gasteiger partial charge >= 0.3 is 5.97 Å². The zero-order chi connectivity index (χ0) is 10.6. The zero-order valence-corrected chi connectivity index (χ0v) is 8.34. The molecule has 0 aliphatic heterocycles. The number of aliphatic carboxylic acids is 1. The lowest BCUT2D eigenvalue weighted by Gasteiger charge is -2.06. The maximum Gasteiger partial charge on any atom is 0.328 e. The van der Waals surface area contributed by atoms with E-state index in [-0.39, 0.29) is 0 Å². The fourth-order valence-electron chi connectivity index (χ4n) is 1.14. The number of carboxylic acids is 1. The van der Waals surface area contributed by atoms with Gasteiger partial charge in [0.05, 0.1) is 5.69 Å². The molecule has 0 aliphatic carbocycles. The highest BCUT2D eigenvalue weighted by Crippen LogP contribution is 2.05. The van der Waals surface area contributed by atoms with Gasteiger partial charge in [-0.05, 0) is 18.1 Å². The van der Waals surface area contributed by atoms with Gasteiger partial charge in [0.1, 0.15) is 0 Å². The Morgan fingerprint density at radius 1 is 1.71 bits per heavy atom. The molecule has 4 nitrogen and oxygen atoms in total. The smallest absolute Gasteiger partial charge is 0.328 e. The van der Waals surface area contributed by atoms with Crippen LogP contribution in [0.4, 0.5) is 0 Å². The fraction of sp³-hybridized carbons (Fsp3) is 0.400. The molecule has 4 heteroatoms. The first-order valence-corrected chi connectivity index (χ1v) is 4.52. The van der Waals surface area contributed by atoms with Gasteiger partial charge in [0, 0.05) is 18.8 Å². The Morgan fingerprint density at radius 2 is 2.43 bits per heavy atom. The molecule has 0 saturated heterocycles. The molecule has 0 spiro atoms. The number of carbonyl (C=O) groups is 1. The molecular formula is C10H14N2O2. The van der Waals surface area contributed by atoms with E-state index < -0.39 is 5.97 Å². The van der Waals surface area contributed by atoms with Crippen molar-refractivity contribution in [2.45, 2.75) is 20.4 Å². The van der Waals surface area contributed by atoms with E-state index in [1.807, 2.05) is 0 Å². The second-order valence-electron chi connectivity index (χ2n) is 3.50. The summed E-state index contributed by atoms with van der Waals surface area (Å²) in [6.45, 7) is 4.98. The third-order valence-electron chi connectivity index (χ3n) is 1.68. The molecule has 1 heterocycles. The molecule has 0 unspecified atom stereocenters. The maximum atomic E-state index is 10.3. The van der Waals surface area contributed by atoms with Crippen LogP contribution >= 0.6 is 0 Å². The molecule has 0 aromatic carbocycles. The van der Waals surface area contributed by atoms with Gasteiger partial charge in [0.25, 0.3) is 0 Å². The summed E-state index contributed by atoms with van der Waals surface area (Å²) in [6, 6.07) is 1.79. The largest absolute Gasteiger partial charge is 0.478 e. The summed E-state index contributed by atoms with van der Waals surface area (Å²) < 4.78 is 1.80. The van der Waals surface area contributed by atoms with Crippen molar-refractivity contribution in [2.75, 3.05) is 0 Å². The van der Waals surface area contributed by atoms with Gasteiger partial charge in [-0.1, -0.05) is 13.8 Å². The quantitative estimate of drug-likeness (QED) is 0.741. The first kappa shape index (κ1) is 10.5. The predicted molar refractivity (Wildman–Crippen MR) is 53.7 cm³/mol. The third kappa shape index (κ3) is 3.05. The average Bonchev–Trinajstić information content (AvgIpc) is 2.47. The molecule has 0 bridgehead atoms. The summed E-state index contributed by atoms with van der Waals surface area (Å²) in [5.74, 6) is -0.450. The Balaban J connectivity index is 2.77. The SMILES string of the molecule is CC(C)Cn1nccc1/C=C/C(=O)O. The molecule has 0 radical (unpaired) electrons. The van der Waals surface area contributed by atoms with E-state index in [1.165, 1.54) is 0 Å². The molecule has 1 aromatic heterocycles. The first-order chi connectivity index (χ1) is 6.59. The summed E-state index contributed by atoms with van der Waals surface area (Å²) in [4.78, 5) is 10.3. The van der Waals surface area contributed by atoms with Crippen LogP contribution in [-0.2, 0) is 11.3 Å². The molecule has 1 rings (SSSR count). The summed E-state index contributed by atoms with van der Waals surface area (Å²) in [6.07, 6.45) is 4.34. The van der Waals surface area contributed by atoms with Crippen LogP contribution in [0, 0.1) is 5.92 Å². The predicted octanol–water partition coefficient (Wildman–Crippen LogP) is 1.64. The molecule has 76 valence electrons. The topological polar surface area (TPSA) is 55.1 Å². The van der Waals surface area contributed by atoms with Crippen LogP contribution in [0.15, 0.2) is 18.3 Å². The van der Waals surface area contributed by atoms with Crippen molar-refractivity contribution in [1.29, 1.82) is 0 Å². The number of aromatic nitrogens is 2. The minimum absolute atomic E-state index is 0.492. The van der Waals surface area contributed by atoms with Crippen LogP contribution in [0.2, 0.25) is 0 Å². The van der Waals surface area contributed by atoms with Crippen LogP contribution in [0.1, 0.15) is 19.5 Å². The average molecular weight is 194 g/mol. The Bertz CT molecular complexity index is 340. The minimum Gasteiger partial charge on any atom is -0.478 e. The summed E-state index contributed by atoms with van der Waals surface area (Å²) in [7, 11) is 0. The number of carboxylic acid groups (broad SMARTS) is 1. The van der Waals surface area contributed by atoms with Gasteiger partial charge in [-0.3, -0.25) is 4.68 Å². The first-order valence-electron chi connectivity index (χ1n) is 4.52. The van der Waals surface area contributed by atoms with Crippen molar-refractivity contribution in [2.24, 2.45) is 5.92 Å². The van der Waals surface area contributed by atoms with Crippen LogP contribution in [0.5, 0.6) is 0 Å². The van der Waals surface area contributed by atoms with Crippen molar-refractivity contribution in [3.8, 4) is 0 Å². The molecule has 1 N–H and O–H groups in total. The van der Waals surface area contributed by atoms with Crippen molar-refractivity contribution in [3.05, 3.63) is 24.0 Å². The highest BCUT2D eigenvalue weighted by Gasteiger charge is 2.01. The molecule has 0 saturated carbocycles. The molecule has 0 atom stereocenters. The lowest BCUT2D eigenvalue weighted by atomic mass is 10.2. The van der Waals surface area contributed by atoms with Crippen LogP contribution < -0.4 is 0 Å². The lowest BCUT2D eigenvalue weighted by Crippen LogP contribution is -2.07. The van der Waals surface area contributed by atoms with Gasteiger partial charge in [0.15, 0.2) is 0 Å². The number of rotatable bonds is 4. The fourth-order valence-corrected chi connectivity index (χ4v) is 1.14. The molecule has 1 aromatic rings. The summed E-state index contributed by atoms with van der Waals surface area (Å²) in [5.41, 5.74) is 0.820. The molecule has 0 amide bonds. The highest BCUT2D eigenvalue weighted by molar-refractivity contribution is 5.84. The van der Waals surface area contributed by atoms with E-state index in [2.05, 4.69) is 18.9 Å². The second-order valence-corrected chi connectivity index (χ2v) is 3.50. The maximum absolute atomic E-state index is 10.3. The van der Waals surface area contributed by atoms with E-state index >= 15 is 0 Å². The van der Waals surface area contributed by atoms with Gasteiger partial charge < -0.3 is 5.11 Å². The van der Waals surface area contributed by atoms with Gasteiger partial charge in [-0.15, -0.1) is 0 Å². The number of hydrogen-bond donors (Lipinski definition) is 1. The number of nitrogens with zero attached hydrogens (tertiary/aromatic N) is 2. The summed E-state index contributed by atoms with van der Waals surface area (Å²) >= 11 is 0. The van der Waals surface area contributed by atoms with Crippen LogP contribution in [-0.4, -0.2) is 20.9 Å². The summed E-state index contributed by atoms with van der Waals surface area (Å²) in [5, 5.41) is 12.6. The van der Waals surface area contributed by atoms with Crippen molar-refractivity contribution in [1.82, 2.24) is 9.78 Å². The van der Waals surface area contributed by atoms with Crippen molar-refractivity contribution < 1.29 is 9.90 Å². The van der Waals surface area contributed by atoms with Crippen molar-refractivity contribution >= 4 is 12.0 Å². The highest BCUT2D eigenvalue weighted by atomic mass is 16.4. The molecular weight excluding hydrogens is 180 g/mol. The second kappa shape index (κ2) is 4.60. The van der Waals surface area contributed by atoms with E-state index in [9.17, 15) is 4.79 Å². The molecule has 0 aliphatic rings. The van der Waals surface area contributed by atoms with Gasteiger partial charge in [-0.25, -0.2) is 4.79 Å². The Kier molecular flexibility index (Phi) is 3.45. The van der Waals surface area contributed by atoms with E-state index in [1.54, 1.807) is 23.0 Å². The normalized spacial score (nSPS) is 11.4. The Morgan fingerprint density at radius 3 is 3.00 bits per heavy atom. The molecule has 14 heavy (non-hydrogen) atoms. The van der Waals surface area contributed by atoms with Crippen LogP contribution in [0.3, 0.4) is 0 Å². The minimum atomic E-state index is -0.942. The van der Waals surface area contributed by atoms with Gasteiger partial charge in [-0.2, -0.15) is 5.10 Å². The third-order valence-corrected chi connectivity index (χ3v) is 1.68. The van der Waals surface area contributed by atoms with E-state index in [0.29, 0.717) is 5.92 Å². The lowest BCUT2D eigenvalue weighted by molar-refractivity contribution is -0.131. The van der Waals surface area contributed by atoms with E-state index in [4.69, 9.17) is 5.11 Å². The van der Waals surface area contributed by atoms with E-state index in [0.717, 1.165) is 18.3 Å². The van der Waals surface area contributed by atoms with Gasteiger partial charge in [0.2, 0.25) is 0 Å². The van der Waals surface area contributed by atoms with Crippen molar-refractivity contribution in [3.63, 3.8) is 0 Å². The monoisotopic (exact) mass is 194 g/mol. The Labute approximate surface area is 82.9 Å². The van der Waals surface area contributed by atoms with Crippen LogP contribution in [0.25, 0.3) is 6.08 Å². The standard InChI is InChI=1S/C10H14N2O2/c1-8(2)7-12-9(5-6-11-12)3-4-10(13)14/h3-6,8H,7H2,1-2H3,(H,13,14)/b4-3+. The number of hydrogen-bond acceptors (Lipinski definition) is 2.